The summed E-state index contributed by atoms with van der Waals surface area (Å²) in [5.74, 6) is -0.677. The van der Waals surface area contributed by atoms with Crippen molar-refractivity contribution in [1.82, 2.24) is 5.32 Å². The summed E-state index contributed by atoms with van der Waals surface area (Å²) in [5, 5.41) is 16.1. The van der Waals surface area contributed by atoms with Gasteiger partial charge in [-0.15, -0.1) is 11.3 Å². The molecule has 2 aromatic rings. The molecule has 1 aromatic heterocycles. The summed E-state index contributed by atoms with van der Waals surface area (Å²) in [6.45, 7) is 1.69. The molecular formula is C18H20FN3O3S. The fraction of sp³-hybridized carbons (Fsp3) is 0.389. The number of piperidine rings is 1. The van der Waals surface area contributed by atoms with Crippen LogP contribution in [0.5, 0.6) is 0 Å². The van der Waals surface area contributed by atoms with Crippen LogP contribution in [-0.2, 0) is 11.2 Å². The third-order valence-electron chi connectivity index (χ3n) is 4.59. The highest BCUT2D eigenvalue weighted by atomic mass is 32.1. The van der Waals surface area contributed by atoms with Crippen LogP contribution in [-0.4, -0.2) is 30.5 Å². The highest BCUT2D eigenvalue weighted by Gasteiger charge is 2.28. The first kappa shape index (κ1) is 18.3. The zero-order valence-electron chi connectivity index (χ0n) is 14.2. The average molecular weight is 377 g/mol. The largest absolute Gasteiger partial charge is 0.366 e. The maximum atomic E-state index is 13.3. The zero-order chi connectivity index (χ0) is 18.5. The Morgan fingerprint density at radius 1 is 1.35 bits per heavy atom. The molecule has 2 heterocycles. The lowest BCUT2D eigenvalue weighted by Crippen LogP contribution is -2.41. The zero-order valence-corrected chi connectivity index (χ0v) is 15.0. The fourth-order valence-electron chi connectivity index (χ4n) is 3.20. The van der Waals surface area contributed by atoms with Gasteiger partial charge < -0.3 is 10.2 Å². The number of nitrogens with zero attached hydrogens (tertiary/aromatic N) is 2. The van der Waals surface area contributed by atoms with Crippen LogP contribution in [0.2, 0.25) is 0 Å². The number of halogens is 1. The molecule has 1 saturated heterocycles. The number of rotatable bonds is 6. The Kier molecular flexibility index (Phi) is 5.82. The predicted molar refractivity (Wildman–Crippen MR) is 99.0 cm³/mol. The van der Waals surface area contributed by atoms with Crippen molar-refractivity contribution in [3.63, 3.8) is 0 Å². The second-order valence-corrected chi connectivity index (χ2v) is 7.30. The second-order valence-electron chi connectivity index (χ2n) is 6.27. The van der Waals surface area contributed by atoms with E-state index in [1.165, 1.54) is 17.0 Å². The standard InChI is InChI=1S/C18H20FN3O3S/c19-14-3-4-16(17(12-14)22(24)25)21-9-6-13(7-10-21)18(23)20-8-5-15-2-1-11-26-15/h1-4,11-13H,5-10H2,(H,20,23). The lowest BCUT2D eigenvalue weighted by atomic mass is 9.95. The van der Waals surface area contributed by atoms with E-state index in [1.807, 2.05) is 22.4 Å². The van der Waals surface area contributed by atoms with Gasteiger partial charge in [0.1, 0.15) is 11.5 Å². The lowest BCUT2D eigenvalue weighted by Gasteiger charge is -2.32. The number of thiophene rings is 1. The monoisotopic (exact) mass is 377 g/mol. The SMILES string of the molecule is O=C(NCCc1cccs1)C1CCN(c2ccc(F)cc2[N+](=O)[O-])CC1. The van der Waals surface area contributed by atoms with Gasteiger partial charge in [0.2, 0.25) is 5.91 Å². The minimum absolute atomic E-state index is 0.0369. The molecule has 0 spiro atoms. The van der Waals surface area contributed by atoms with Crippen molar-refractivity contribution >= 4 is 28.6 Å². The normalized spacial score (nSPS) is 15.0. The minimum atomic E-state index is -0.625. The van der Waals surface area contributed by atoms with Crippen LogP contribution in [0.3, 0.4) is 0 Å². The van der Waals surface area contributed by atoms with Gasteiger partial charge in [-0.2, -0.15) is 0 Å². The average Bonchev–Trinajstić information content (AvgIpc) is 3.15. The Morgan fingerprint density at radius 2 is 2.12 bits per heavy atom. The van der Waals surface area contributed by atoms with Gasteiger partial charge in [-0.3, -0.25) is 14.9 Å². The molecule has 8 heteroatoms. The second kappa shape index (κ2) is 8.27. The maximum Gasteiger partial charge on any atom is 0.295 e. The first-order valence-electron chi connectivity index (χ1n) is 8.53. The Labute approximate surface area is 154 Å². The molecule has 1 aliphatic rings. The first-order valence-corrected chi connectivity index (χ1v) is 9.41. The summed E-state index contributed by atoms with van der Waals surface area (Å²) >= 11 is 1.67. The van der Waals surface area contributed by atoms with Gasteiger partial charge in [0.05, 0.1) is 11.0 Å². The number of hydrogen-bond acceptors (Lipinski definition) is 5. The van der Waals surface area contributed by atoms with E-state index in [9.17, 15) is 19.3 Å². The molecule has 1 aromatic carbocycles. The third-order valence-corrected chi connectivity index (χ3v) is 5.53. The summed E-state index contributed by atoms with van der Waals surface area (Å²) in [7, 11) is 0. The summed E-state index contributed by atoms with van der Waals surface area (Å²) < 4.78 is 13.3. The number of benzene rings is 1. The molecule has 1 amide bonds. The van der Waals surface area contributed by atoms with Crippen molar-refractivity contribution < 1.29 is 14.1 Å². The van der Waals surface area contributed by atoms with Crippen molar-refractivity contribution in [3.8, 4) is 0 Å². The van der Waals surface area contributed by atoms with Gasteiger partial charge in [0, 0.05) is 30.4 Å². The van der Waals surface area contributed by atoms with E-state index in [-0.39, 0.29) is 17.5 Å². The number of carbonyl (C=O) groups is 1. The molecule has 1 fully saturated rings. The quantitative estimate of drug-likeness (QED) is 0.619. The van der Waals surface area contributed by atoms with Gasteiger partial charge in [-0.25, -0.2) is 4.39 Å². The molecule has 0 atom stereocenters. The van der Waals surface area contributed by atoms with Crippen LogP contribution < -0.4 is 10.2 Å². The molecule has 0 unspecified atom stereocenters. The molecule has 0 aliphatic carbocycles. The Hall–Kier alpha value is -2.48. The van der Waals surface area contributed by atoms with E-state index in [1.54, 1.807) is 11.3 Å². The summed E-state index contributed by atoms with van der Waals surface area (Å²) in [5.41, 5.74) is 0.178. The lowest BCUT2D eigenvalue weighted by molar-refractivity contribution is -0.384. The van der Waals surface area contributed by atoms with E-state index < -0.39 is 10.7 Å². The van der Waals surface area contributed by atoms with Crippen LogP contribution in [0.1, 0.15) is 17.7 Å². The Morgan fingerprint density at radius 3 is 2.77 bits per heavy atom. The molecule has 0 radical (unpaired) electrons. The number of nitro benzene ring substituents is 1. The molecule has 1 N–H and O–H groups in total. The van der Waals surface area contributed by atoms with Crippen molar-refractivity contribution in [2.24, 2.45) is 5.92 Å². The van der Waals surface area contributed by atoms with E-state index in [0.29, 0.717) is 38.2 Å². The molecule has 26 heavy (non-hydrogen) atoms. The molecule has 6 nitrogen and oxygen atoms in total. The molecule has 1 aliphatic heterocycles. The van der Waals surface area contributed by atoms with Gasteiger partial charge in [0.25, 0.3) is 5.69 Å². The molecule has 0 saturated carbocycles. The van der Waals surface area contributed by atoms with E-state index >= 15 is 0 Å². The number of nitro groups is 1. The van der Waals surface area contributed by atoms with Crippen LogP contribution in [0, 0.1) is 21.8 Å². The van der Waals surface area contributed by atoms with E-state index in [4.69, 9.17) is 0 Å². The van der Waals surface area contributed by atoms with Crippen molar-refractivity contribution in [1.29, 1.82) is 0 Å². The van der Waals surface area contributed by atoms with E-state index in [0.717, 1.165) is 12.5 Å². The van der Waals surface area contributed by atoms with E-state index in [2.05, 4.69) is 5.32 Å². The summed E-state index contributed by atoms with van der Waals surface area (Å²) in [6, 6.07) is 7.65. The maximum absolute atomic E-state index is 13.3. The minimum Gasteiger partial charge on any atom is -0.366 e. The molecule has 0 bridgehead atoms. The smallest absolute Gasteiger partial charge is 0.295 e. The Bertz CT molecular complexity index is 774. The van der Waals surface area contributed by atoms with Crippen LogP contribution in [0.4, 0.5) is 15.8 Å². The molecule has 138 valence electrons. The van der Waals surface area contributed by atoms with Gasteiger partial charge in [-0.1, -0.05) is 6.07 Å². The van der Waals surface area contributed by atoms with Crippen molar-refractivity contribution in [2.45, 2.75) is 19.3 Å². The number of hydrogen-bond donors (Lipinski definition) is 1. The highest BCUT2D eigenvalue weighted by Crippen LogP contribution is 2.32. The highest BCUT2D eigenvalue weighted by molar-refractivity contribution is 7.09. The summed E-state index contributed by atoms with van der Waals surface area (Å²) in [4.78, 5) is 26.0. The van der Waals surface area contributed by atoms with Gasteiger partial charge >= 0.3 is 0 Å². The Balaban J connectivity index is 1.52. The number of amides is 1. The summed E-state index contributed by atoms with van der Waals surface area (Å²) in [6.07, 6.45) is 2.07. The van der Waals surface area contributed by atoms with Gasteiger partial charge in [0.15, 0.2) is 0 Å². The predicted octanol–water partition coefficient (Wildman–Crippen LogP) is 3.37. The fourth-order valence-corrected chi connectivity index (χ4v) is 3.91. The van der Waals surface area contributed by atoms with Gasteiger partial charge in [-0.05, 0) is 42.8 Å². The van der Waals surface area contributed by atoms with Crippen molar-refractivity contribution in [3.05, 3.63) is 56.5 Å². The number of carbonyl (C=O) groups excluding carboxylic acids is 1. The first-order chi connectivity index (χ1) is 12.5. The third kappa shape index (κ3) is 4.37. The van der Waals surface area contributed by atoms with Crippen LogP contribution >= 0.6 is 11.3 Å². The van der Waals surface area contributed by atoms with Crippen LogP contribution in [0.25, 0.3) is 0 Å². The number of anilines is 1. The number of nitrogens with one attached hydrogen (secondary N) is 1. The topological polar surface area (TPSA) is 75.5 Å². The van der Waals surface area contributed by atoms with Crippen molar-refractivity contribution in [2.75, 3.05) is 24.5 Å². The molecule has 3 rings (SSSR count). The molecular weight excluding hydrogens is 357 g/mol. The van der Waals surface area contributed by atoms with Crippen LogP contribution in [0.15, 0.2) is 35.7 Å².